The minimum absolute atomic E-state index is 0.0113. The van der Waals surface area contributed by atoms with Gasteiger partial charge in [0.25, 0.3) is 5.91 Å². The van der Waals surface area contributed by atoms with Crippen molar-refractivity contribution in [1.82, 2.24) is 9.88 Å². The molecule has 1 aliphatic rings. The molecule has 1 fully saturated rings. The third kappa shape index (κ3) is 1.83. The van der Waals surface area contributed by atoms with Crippen LogP contribution in [0.1, 0.15) is 24.2 Å². The van der Waals surface area contributed by atoms with Gasteiger partial charge in [0.1, 0.15) is 5.60 Å². The van der Waals surface area contributed by atoms with Crippen LogP contribution in [0.2, 0.25) is 0 Å². The first-order valence-corrected chi connectivity index (χ1v) is 6.59. The zero-order valence-electron chi connectivity index (χ0n) is 11.2. The highest BCUT2D eigenvalue weighted by atomic mass is 16.3. The van der Waals surface area contributed by atoms with Gasteiger partial charge in [0, 0.05) is 17.1 Å². The lowest BCUT2D eigenvalue weighted by molar-refractivity contribution is -0.110. The Morgan fingerprint density at radius 1 is 1.37 bits per heavy atom. The van der Waals surface area contributed by atoms with E-state index >= 15 is 0 Å². The largest absolute Gasteiger partial charge is 0.386 e. The summed E-state index contributed by atoms with van der Waals surface area (Å²) in [5, 5.41) is 11.2. The fourth-order valence-electron chi connectivity index (χ4n) is 2.54. The number of nitrogens with one attached hydrogen (secondary N) is 1. The number of hydrogen-bond acceptors (Lipinski definition) is 2. The summed E-state index contributed by atoms with van der Waals surface area (Å²) in [6.45, 7) is 4.80. The molecule has 4 heteroatoms. The fraction of sp³-hybridized carbons (Fsp3) is 0.400. The van der Waals surface area contributed by atoms with E-state index in [0.29, 0.717) is 18.7 Å². The highest BCUT2D eigenvalue weighted by Crippen LogP contribution is 2.31. The maximum atomic E-state index is 12.4. The number of para-hydroxylation sites is 1. The van der Waals surface area contributed by atoms with Crippen LogP contribution in [0, 0.1) is 5.92 Å². The second kappa shape index (κ2) is 4.10. The minimum atomic E-state index is -0.720. The van der Waals surface area contributed by atoms with E-state index in [-0.39, 0.29) is 11.8 Å². The lowest BCUT2D eigenvalue weighted by atomic mass is 9.82. The number of aromatic amines is 1. The summed E-state index contributed by atoms with van der Waals surface area (Å²) in [6.07, 6.45) is 1.75. The maximum absolute atomic E-state index is 12.4. The second-order valence-corrected chi connectivity index (χ2v) is 5.67. The molecular weight excluding hydrogens is 240 g/mol. The van der Waals surface area contributed by atoms with E-state index in [2.05, 4.69) is 4.98 Å². The third-order valence-electron chi connectivity index (χ3n) is 4.11. The topological polar surface area (TPSA) is 56.3 Å². The van der Waals surface area contributed by atoms with Gasteiger partial charge < -0.3 is 15.0 Å². The smallest absolute Gasteiger partial charge is 0.256 e. The molecule has 0 aliphatic carbocycles. The Hall–Kier alpha value is -1.81. The van der Waals surface area contributed by atoms with Gasteiger partial charge in [-0.25, -0.2) is 0 Å². The Kier molecular flexibility index (Phi) is 2.64. The van der Waals surface area contributed by atoms with Crippen LogP contribution in [-0.4, -0.2) is 39.6 Å². The number of rotatable bonds is 2. The molecule has 2 aromatic rings. The summed E-state index contributed by atoms with van der Waals surface area (Å²) in [5.74, 6) is 0.155. The summed E-state index contributed by atoms with van der Waals surface area (Å²) in [7, 11) is 0. The van der Waals surface area contributed by atoms with Gasteiger partial charge >= 0.3 is 0 Å². The molecule has 0 radical (unpaired) electrons. The van der Waals surface area contributed by atoms with Gasteiger partial charge in [-0.3, -0.25) is 4.79 Å². The second-order valence-electron chi connectivity index (χ2n) is 5.67. The van der Waals surface area contributed by atoms with E-state index in [0.717, 1.165) is 10.9 Å². The SMILES string of the molecule is CC(C)C1(O)CN(C(=O)c2c[nH]c3ccccc23)C1. The Morgan fingerprint density at radius 3 is 2.74 bits per heavy atom. The number of β-amino-alcohol motifs (C(OH)–C–C–N with tert-alkyl or cyclic N) is 1. The average Bonchev–Trinajstić information content (AvgIpc) is 2.77. The summed E-state index contributed by atoms with van der Waals surface area (Å²) >= 11 is 0. The quantitative estimate of drug-likeness (QED) is 0.865. The molecular formula is C15H18N2O2. The van der Waals surface area contributed by atoms with Crippen LogP contribution in [0.5, 0.6) is 0 Å². The Balaban J connectivity index is 1.83. The molecule has 2 heterocycles. The van der Waals surface area contributed by atoms with Crippen molar-refractivity contribution in [3.05, 3.63) is 36.0 Å². The van der Waals surface area contributed by atoms with E-state index in [1.54, 1.807) is 11.1 Å². The van der Waals surface area contributed by atoms with E-state index < -0.39 is 5.60 Å². The van der Waals surface area contributed by atoms with Crippen molar-refractivity contribution in [1.29, 1.82) is 0 Å². The van der Waals surface area contributed by atoms with Crippen LogP contribution < -0.4 is 0 Å². The molecule has 0 saturated carbocycles. The van der Waals surface area contributed by atoms with E-state index in [9.17, 15) is 9.90 Å². The Labute approximate surface area is 112 Å². The lowest BCUT2D eigenvalue weighted by Crippen LogP contribution is -2.65. The van der Waals surface area contributed by atoms with Crippen LogP contribution in [-0.2, 0) is 0 Å². The zero-order valence-corrected chi connectivity index (χ0v) is 11.2. The predicted molar refractivity (Wildman–Crippen MR) is 74.0 cm³/mol. The molecule has 4 nitrogen and oxygen atoms in total. The van der Waals surface area contributed by atoms with Crippen LogP contribution in [0.4, 0.5) is 0 Å². The molecule has 1 aliphatic heterocycles. The molecule has 3 rings (SSSR count). The van der Waals surface area contributed by atoms with Crippen LogP contribution >= 0.6 is 0 Å². The molecule has 0 spiro atoms. The minimum Gasteiger partial charge on any atom is -0.386 e. The van der Waals surface area contributed by atoms with Crippen molar-refractivity contribution in [2.45, 2.75) is 19.4 Å². The fourth-order valence-corrected chi connectivity index (χ4v) is 2.54. The first-order valence-electron chi connectivity index (χ1n) is 6.59. The van der Waals surface area contributed by atoms with E-state index in [4.69, 9.17) is 0 Å². The van der Waals surface area contributed by atoms with Crippen LogP contribution in [0.25, 0.3) is 10.9 Å². The van der Waals surface area contributed by atoms with Gasteiger partial charge in [-0.05, 0) is 12.0 Å². The lowest BCUT2D eigenvalue weighted by Gasteiger charge is -2.49. The first-order chi connectivity index (χ1) is 9.01. The van der Waals surface area contributed by atoms with Crippen molar-refractivity contribution >= 4 is 16.8 Å². The normalized spacial score (nSPS) is 17.8. The number of nitrogens with zero attached hydrogens (tertiary/aromatic N) is 1. The van der Waals surface area contributed by atoms with Crippen LogP contribution in [0.3, 0.4) is 0 Å². The van der Waals surface area contributed by atoms with Gasteiger partial charge in [-0.15, -0.1) is 0 Å². The van der Waals surface area contributed by atoms with Gasteiger partial charge in [0.2, 0.25) is 0 Å². The number of aliphatic hydroxyl groups is 1. The van der Waals surface area contributed by atoms with Gasteiger partial charge in [0.05, 0.1) is 18.7 Å². The standard InChI is InChI=1S/C15H18N2O2/c1-10(2)15(19)8-17(9-15)14(18)12-7-16-13-6-4-3-5-11(12)13/h3-7,10,16,19H,8-9H2,1-2H3. The number of benzene rings is 1. The molecule has 0 bridgehead atoms. The number of H-pyrrole nitrogens is 1. The van der Waals surface area contributed by atoms with Crippen molar-refractivity contribution < 1.29 is 9.90 Å². The summed E-state index contributed by atoms with van der Waals surface area (Å²) in [5.41, 5.74) is 0.925. The number of likely N-dealkylation sites (tertiary alicyclic amines) is 1. The molecule has 1 aromatic carbocycles. The monoisotopic (exact) mass is 258 g/mol. The van der Waals surface area contributed by atoms with Gasteiger partial charge in [0.15, 0.2) is 0 Å². The predicted octanol–water partition coefficient (Wildman–Crippen LogP) is 2.01. The number of carbonyl (C=O) groups excluding carboxylic acids is 1. The third-order valence-corrected chi connectivity index (χ3v) is 4.11. The van der Waals surface area contributed by atoms with E-state index in [1.165, 1.54) is 0 Å². The van der Waals surface area contributed by atoms with Gasteiger partial charge in [-0.1, -0.05) is 32.0 Å². The molecule has 19 heavy (non-hydrogen) atoms. The van der Waals surface area contributed by atoms with Gasteiger partial charge in [-0.2, -0.15) is 0 Å². The summed E-state index contributed by atoms with van der Waals surface area (Å²) in [4.78, 5) is 17.2. The number of fused-ring (bicyclic) bond motifs is 1. The molecule has 1 aromatic heterocycles. The molecule has 0 atom stereocenters. The Morgan fingerprint density at radius 2 is 2.05 bits per heavy atom. The van der Waals surface area contributed by atoms with Crippen molar-refractivity contribution in [3.8, 4) is 0 Å². The average molecular weight is 258 g/mol. The highest BCUT2D eigenvalue weighted by Gasteiger charge is 2.46. The molecule has 100 valence electrons. The number of aromatic nitrogens is 1. The number of amides is 1. The summed E-state index contributed by atoms with van der Waals surface area (Å²) < 4.78 is 0. The highest BCUT2D eigenvalue weighted by molar-refractivity contribution is 6.07. The van der Waals surface area contributed by atoms with Crippen molar-refractivity contribution in [2.75, 3.05) is 13.1 Å². The molecule has 2 N–H and O–H groups in total. The molecule has 0 unspecified atom stereocenters. The summed E-state index contributed by atoms with van der Waals surface area (Å²) in [6, 6.07) is 7.75. The van der Waals surface area contributed by atoms with Crippen molar-refractivity contribution in [2.24, 2.45) is 5.92 Å². The molecule has 1 amide bonds. The number of hydrogen-bond donors (Lipinski definition) is 2. The number of carbonyl (C=O) groups is 1. The van der Waals surface area contributed by atoms with Crippen LogP contribution in [0.15, 0.2) is 30.5 Å². The van der Waals surface area contributed by atoms with Crippen molar-refractivity contribution in [3.63, 3.8) is 0 Å². The maximum Gasteiger partial charge on any atom is 0.256 e. The zero-order chi connectivity index (χ0) is 13.6. The molecule has 1 saturated heterocycles. The van der Waals surface area contributed by atoms with E-state index in [1.807, 2.05) is 38.1 Å². The Bertz CT molecular complexity index is 624. The first kappa shape index (κ1) is 12.2.